The second-order valence-corrected chi connectivity index (χ2v) is 8.07. The molecule has 0 spiro atoms. The van der Waals surface area contributed by atoms with Gasteiger partial charge in [0.15, 0.2) is 0 Å². The Hall–Kier alpha value is -2.79. The van der Waals surface area contributed by atoms with Gasteiger partial charge in [0.25, 0.3) is 0 Å². The van der Waals surface area contributed by atoms with E-state index in [0.29, 0.717) is 0 Å². The Kier molecular flexibility index (Phi) is 3.90. The smallest absolute Gasteiger partial charge is 0.213 e. The first-order valence-electron chi connectivity index (χ1n) is 9.13. The van der Waals surface area contributed by atoms with Crippen molar-refractivity contribution in [1.29, 1.82) is 0 Å². The molecule has 136 valence electrons. The second-order valence-electron chi connectivity index (χ2n) is 7.12. The number of para-hydroxylation sites is 1. The molecule has 2 aliphatic heterocycles. The van der Waals surface area contributed by atoms with Crippen LogP contribution in [0.5, 0.6) is 5.75 Å². The summed E-state index contributed by atoms with van der Waals surface area (Å²) in [6.07, 6.45) is 0.700. The minimum Gasteiger partial charge on any atom is -0.464 e. The van der Waals surface area contributed by atoms with Crippen molar-refractivity contribution in [2.45, 2.75) is 18.7 Å². The van der Waals surface area contributed by atoms with Crippen molar-refractivity contribution in [1.82, 2.24) is 5.01 Å². The van der Waals surface area contributed by atoms with Crippen LogP contribution in [0.2, 0.25) is 0 Å². The molecule has 0 radical (unpaired) electrons. The summed E-state index contributed by atoms with van der Waals surface area (Å²) in [4.78, 5) is 3.34. The van der Waals surface area contributed by atoms with Crippen molar-refractivity contribution in [3.05, 3.63) is 82.0 Å². The summed E-state index contributed by atoms with van der Waals surface area (Å²) in [6, 6.07) is 21.3. The van der Waals surface area contributed by atoms with E-state index in [2.05, 4.69) is 84.0 Å². The third kappa shape index (κ3) is 2.79. The van der Waals surface area contributed by atoms with E-state index in [1.807, 2.05) is 6.07 Å². The summed E-state index contributed by atoms with van der Waals surface area (Å²) in [7, 11) is 4.10. The van der Waals surface area contributed by atoms with Gasteiger partial charge in [-0.3, -0.25) is 0 Å². The fraction of sp³-hybridized carbons (Fsp3) is 0.227. The number of nitrogens with zero attached hydrogens (tertiary/aromatic N) is 3. The molecular formula is C22H21N3OS. The van der Waals surface area contributed by atoms with E-state index < -0.39 is 0 Å². The van der Waals surface area contributed by atoms with E-state index in [-0.39, 0.29) is 12.3 Å². The van der Waals surface area contributed by atoms with Crippen molar-refractivity contribution < 1.29 is 4.74 Å². The van der Waals surface area contributed by atoms with E-state index in [1.54, 1.807) is 11.3 Å². The minimum absolute atomic E-state index is 0.210. The van der Waals surface area contributed by atoms with Gasteiger partial charge in [0.1, 0.15) is 5.75 Å². The maximum atomic E-state index is 6.41. The summed E-state index contributed by atoms with van der Waals surface area (Å²) < 4.78 is 6.41. The average Bonchev–Trinajstić information content (AvgIpc) is 3.37. The first kappa shape index (κ1) is 16.4. The Morgan fingerprint density at radius 1 is 1.04 bits per heavy atom. The molecular weight excluding hydrogens is 354 g/mol. The Morgan fingerprint density at radius 2 is 1.85 bits per heavy atom. The molecule has 2 aliphatic rings. The van der Waals surface area contributed by atoms with Gasteiger partial charge in [0.05, 0.1) is 16.6 Å². The Labute approximate surface area is 163 Å². The number of hydrogen-bond donors (Lipinski definition) is 0. The molecule has 3 aromatic rings. The van der Waals surface area contributed by atoms with Crippen LogP contribution >= 0.6 is 11.3 Å². The highest BCUT2D eigenvalue weighted by Crippen LogP contribution is 2.47. The lowest BCUT2D eigenvalue weighted by molar-refractivity contribution is -0.0190. The van der Waals surface area contributed by atoms with Gasteiger partial charge >= 0.3 is 0 Å². The molecule has 0 saturated heterocycles. The van der Waals surface area contributed by atoms with Crippen molar-refractivity contribution >= 4 is 22.7 Å². The zero-order valence-electron chi connectivity index (χ0n) is 15.4. The van der Waals surface area contributed by atoms with Crippen LogP contribution in [0.1, 0.15) is 34.7 Å². The number of rotatable bonds is 3. The van der Waals surface area contributed by atoms with Crippen LogP contribution < -0.4 is 9.64 Å². The van der Waals surface area contributed by atoms with Gasteiger partial charge in [-0.05, 0) is 29.6 Å². The van der Waals surface area contributed by atoms with E-state index in [1.165, 1.54) is 16.1 Å². The minimum atomic E-state index is -0.210. The highest BCUT2D eigenvalue weighted by Gasteiger charge is 2.40. The summed E-state index contributed by atoms with van der Waals surface area (Å²) in [5.74, 6) is 0.961. The molecule has 0 aliphatic carbocycles. The quantitative estimate of drug-likeness (QED) is 0.641. The van der Waals surface area contributed by atoms with Gasteiger partial charge < -0.3 is 9.64 Å². The number of benzene rings is 2. The average molecular weight is 375 g/mol. The lowest BCUT2D eigenvalue weighted by Gasteiger charge is -2.38. The van der Waals surface area contributed by atoms with Crippen molar-refractivity contribution in [2.75, 3.05) is 19.0 Å². The van der Waals surface area contributed by atoms with Crippen LogP contribution in [-0.4, -0.2) is 24.8 Å². The molecule has 1 aromatic heterocycles. The summed E-state index contributed by atoms with van der Waals surface area (Å²) in [5, 5.41) is 9.24. The summed E-state index contributed by atoms with van der Waals surface area (Å²) in [6.45, 7) is 0. The van der Waals surface area contributed by atoms with Crippen LogP contribution in [0, 0.1) is 0 Å². The highest BCUT2D eigenvalue weighted by atomic mass is 32.1. The van der Waals surface area contributed by atoms with Gasteiger partial charge in [-0.25, -0.2) is 5.01 Å². The molecule has 0 saturated carbocycles. The van der Waals surface area contributed by atoms with E-state index >= 15 is 0 Å². The molecule has 0 N–H and O–H groups in total. The summed E-state index contributed by atoms with van der Waals surface area (Å²) in [5.41, 5.74) is 4.66. The standard InChI is InChI=1S/C22H21N3OS/c1-24(2)16-11-9-15(10-12-16)22-25-19(17-6-3-4-7-20(17)26-22)14-18(23-25)21-8-5-13-27-21/h3-13,19,22H,14H2,1-2H3/t19-,22-/m0/s1. The van der Waals surface area contributed by atoms with E-state index in [0.717, 1.165) is 23.4 Å². The lowest BCUT2D eigenvalue weighted by atomic mass is 9.97. The molecule has 2 aromatic carbocycles. The van der Waals surface area contributed by atoms with Crippen LogP contribution in [0.25, 0.3) is 0 Å². The van der Waals surface area contributed by atoms with Crippen LogP contribution in [0.15, 0.2) is 71.1 Å². The maximum absolute atomic E-state index is 6.41. The van der Waals surface area contributed by atoms with Crippen LogP contribution in [0.4, 0.5) is 5.69 Å². The molecule has 27 heavy (non-hydrogen) atoms. The molecule has 0 unspecified atom stereocenters. The fourth-order valence-corrected chi connectivity index (χ4v) is 4.50. The number of hydrogen-bond acceptors (Lipinski definition) is 5. The van der Waals surface area contributed by atoms with Crippen molar-refractivity contribution in [3.63, 3.8) is 0 Å². The van der Waals surface area contributed by atoms with E-state index in [4.69, 9.17) is 9.84 Å². The second kappa shape index (κ2) is 6.43. The van der Waals surface area contributed by atoms with Crippen molar-refractivity contribution in [3.8, 4) is 5.75 Å². The number of anilines is 1. The summed E-state index contributed by atoms with van der Waals surface area (Å²) >= 11 is 1.75. The fourth-order valence-electron chi connectivity index (χ4n) is 3.78. The molecule has 2 atom stereocenters. The monoisotopic (exact) mass is 375 g/mol. The molecule has 5 rings (SSSR count). The molecule has 3 heterocycles. The zero-order valence-corrected chi connectivity index (χ0v) is 16.2. The Balaban J connectivity index is 1.56. The number of fused-ring (bicyclic) bond motifs is 3. The predicted octanol–water partition coefficient (Wildman–Crippen LogP) is 5.06. The normalized spacial score (nSPS) is 20.5. The first-order chi connectivity index (χ1) is 13.2. The zero-order chi connectivity index (χ0) is 18.4. The largest absolute Gasteiger partial charge is 0.464 e. The van der Waals surface area contributed by atoms with Crippen LogP contribution in [-0.2, 0) is 0 Å². The van der Waals surface area contributed by atoms with Gasteiger partial charge in [-0.1, -0.05) is 36.4 Å². The molecule has 4 nitrogen and oxygen atoms in total. The predicted molar refractivity (Wildman–Crippen MR) is 111 cm³/mol. The topological polar surface area (TPSA) is 28.1 Å². The molecule has 0 amide bonds. The van der Waals surface area contributed by atoms with Gasteiger partial charge in [-0.2, -0.15) is 5.10 Å². The number of ether oxygens (including phenoxy) is 1. The Morgan fingerprint density at radius 3 is 2.59 bits per heavy atom. The SMILES string of the molecule is CN(C)c1ccc([C@@H]2Oc3ccccc3[C@@H]3CC(c4cccs4)=NN32)cc1. The molecule has 0 bridgehead atoms. The first-order valence-corrected chi connectivity index (χ1v) is 10.0. The van der Waals surface area contributed by atoms with Crippen molar-refractivity contribution in [2.24, 2.45) is 5.10 Å². The highest BCUT2D eigenvalue weighted by molar-refractivity contribution is 7.12. The third-order valence-electron chi connectivity index (χ3n) is 5.20. The molecule has 5 heteroatoms. The number of hydrazone groups is 1. The van der Waals surface area contributed by atoms with Gasteiger partial charge in [0, 0.05) is 37.3 Å². The molecule has 0 fully saturated rings. The Bertz CT molecular complexity index is 979. The van der Waals surface area contributed by atoms with Gasteiger partial charge in [0.2, 0.25) is 6.23 Å². The van der Waals surface area contributed by atoms with Gasteiger partial charge in [-0.15, -0.1) is 11.3 Å². The lowest BCUT2D eigenvalue weighted by Crippen LogP contribution is -2.33. The van der Waals surface area contributed by atoms with Crippen LogP contribution in [0.3, 0.4) is 0 Å². The van der Waals surface area contributed by atoms with E-state index in [9.17, 15) is 0 Å². The maximum Gasteiger partial charge on any atom is 0.213 e. The third-order valence-corrected chi connectivity index (χ3v) is 6.12. The number of thiophene rings is 1.